The van der Waals surface area contributed by atoms with Crippen LogP contribution in [0.15, 0.2) is 36.4 Å². The number of aromatic nitrogens is 2. The summed E-state index contributed by atoms with van der Waals surface area (Å²) in [7, 11) is 3.48. The van der Waals surface area contributed by atoms with Crippen molar-refractivity contribution in [2.45, 2.75) is 27.2 Å². The molecule has 0 aliphatic heterocycles. The van der Waals surface area contributed by atoms with Gasteiger partial charge in [0.15, 0.2) is 0 Å². The van der Waals surface area contributed by atoms with Gasteiger partial charge in [-0.1, -0.05) is 0 Å². The summed E-state index contributed by atoms with van der Waals surface area (Å²) in [4.78, 5) is 27.3. The lowest BCUT2D eigenvalue weighted by Gasteiger charge is -2.22. The van der Waals surface area contributed by atoms with Gasteiger partial charge in [0.1, 0.15) is 5.82 Å². The quantitative estimate of drug-likeness (QED) is 0.305. The van der Waals surface area contributed by atoms with Gasteiger partial charge in [0.05, 0.1) is 22.6 Å². The number of aryl methyl sites for hydroxylation is 2. The van der Waals surface area contributed by atoms with Crippen molar-refractivity contribution < 1.29 is 14.5 Å². The number of carbonyl (C=O) groups is 1. The normalized spacial score (nSPS) is 10.4. The average molecular weight is 442 g/mol. The maximum absolute atomic E-state index is 10.7. The van der Waals surface area contributed by atoms with Crippen LogP contribution in [0.2, 0.25) is 0 Å². The first-order valence-electron chi connectivity index (χ1n) is 10.5. The Morgan fingerprint density at radius 3 is 2.50 bits per heavy atom. The Kier molecular flexibility index (Phi) is 9.15. The second-order valence-electron chi connectivity index (χ2n) is 7.19. The lowest BCUT2D eigenvalue weighted by molar-refractivity contribution is -0.384. The summed E-state index contributed by atoms with van der Waals surface area (Å²) in [6.45, 7) is 8.84. The molecule has 1 N–H and O–H groups in total. The third kappa shape index (κ3) is 6.04. The fraction of sp³-hybridized carbons (Fsp3) is 0.391. The number of ether oxygens (including phenoxy) is 1. The number of anilines is 2. The molecule has 2 aromatic carbocycles. The van der Waals surface area contributed by atoms with E-state index in [1.54, 1.807) is 19.2 Å². The molecule has 0 saturated heterocycles. The Morgan fingerprint density at radius 2 is 1.94 bits per heavy atom. The van der Waals surface area contributed by atoms with E-state index in [1.807, 2.05) is 30.7 Å². The van der Waals surface area contributed by atoms with Gasteiger partial charge in [-0.3, -0.25) is 14.9 Å². The van der Waals surface area contributed by atoms with E-state index in [-0.39, 0.29) is 5.69 Å². The molecule has 0 atom stereocenters. The summed E-state index contributed by atoms with van der Waals surface area (Å²) in [5, 5.41) is 13.4. The van der Waals surface area contributed by atoms with Crippen LogP contribution >= 0.6 is 0 Å². The third-order valence-corrected chi connectivity index (χ3v) is 5.25. The van der Waals surface area contributed by atoms with E-state index in [4.69, 9.17) is 4.74 Å². The molecule has 0 bridgehead atoms. The van der Waals surface area contributed by atoms with Gasteiger partial charge in [-0.2, -0.15) is 0 Å². The van der Waals surface area contributed by atoms with Crippen molar-refractivity contribution in [3.63, 3.8) is 0 Å². The number of carbonyl (C=O) groups excluding carboxylic acids is 1. The highest BCUT2D eigenvalue weighted by Gasteiger charge is 2.12. The zero-order chi connectivity index (χ0) is 23.7. The first kappa shape index (κ1) is 24.8. The molecule has 0 aliphatic rings. The average Bonchev–Trinajstić information content (AvgIpc) is 3.10. The van der Waals surface area contributed by atoms with Gasteiger partial charge in [0.25, 0.3) is 5.69 Å². The summed E-state index contributed by atoms with van der Waals surface area (Å²) in [6.07, 6.45) is 1.40. The van der Waals surface area contributed by atoms with Crippen molar-refractivity contribution in [3.05, 3.63) is 57.9 Å². The van der Waals surface area contributed by atoms with Gasteiger partial charge in [0.2, 0.25) is 6.41 Å². The fourth-order valence-electron chi connectivity index (χ4n) is 3.42. The molecule has 32 heavy (non-hydrogen) atoms. The SMILES string of the molecule is CCN(CC)c1ccc(NC=O)c(C)c1.COCCc1nc2ccc([N+](=O)[O-])cc2n1C. The number of nitrogens with zero attached hydrogens (tertiary/aromatic N) is 4. The van der Waals surface area contributed by atoms with E-state index < -0.39 is 4.92 Å². The van der Waals surface area contributed by atoms with Gasteiger partial charge in [-0.05, 0) is 50.6 Å². The Bertz CT molecular complexity index is 1060. The van der Waals surface area contributed by atoms with Crippen LogP contribution in [0.1, 0.15) is 25.2 Å². The summed E-state index contributed by atoms with van der Waals surface area (Å²) in [5.74, 6) is 0.863. The van der Waals surface area contributed by atoms with Crippen molar-refractivity contribution in [2.75, 3.05) is 37.0 Å². The van der Waals surface area contributed by atoms with Crippen LogP contribution in [0.3, 0.4) is 0 Å². The smallest absolute Gasteiger partial charge is 0.271 e. The molecular formula is C23H31N5O4. The number of nitro groups is 1. The monoisotopic (exact) mass is 441 g/mol. The van der Waals surface area contributed by atoms with Crippen molar-refractivity contribution >= 4 is 34.5 Å². The number of hydrogen-bond donors (Lipinski definition) is 1. The summed E-state index contributed by atoms with van der Waals surface area (Å²) >= 11 is 0. The largest absolute Gasteiger partial charge is 0.384 e. The number of fused-ring (bicyclic) bond motifs is 1. The standard InChI is InChI=1S/C12H18N2O.C11H13N3O3/c1-4-14(5-2)11-6-7-12(13-9-15)10(3)8-11;1-13-10-7-8(14(15)16)3-4-9(10)12-11(13)5-6-17-2/h6-9H,4-5H2,1-3H3,(H,13,15);3-4,7H,5-6H2,1-2H3. The number of benzene rings is 2. The minimum absolute atomic E-state index is 0.0822. The Labute approximate surface area is 188 Å². The molecule has 0 unspecified atom stereocenters. The molecule has 0 saturated carbocycles. The number of non-ortho nitro benzene ring substituents is 1. The topological polar surface area (TPSA) is 103 Å². The van der Waals surface area contributed by atoms with Crippen molar-refractivity contribution in [1.82, 2.24) is 9.55 Å². The molecular weight excluding hydrogens is 410 g/mol. The zero-order valence-corrected chi connectivity index (χ0v) is 19.3. The summed E-state index contributed by atoms with van der Waals surface area (Å²) < 4.78 is 6.86. The Balaban J connectivity index is 0.000000229. The molecule has 3 rings (SSSR count). The molecule has 0 radical (unpaired) electrons. The molecule has 1 aromatic heterocycles. The number of nitro benzene ring substituents is 1. The van der Waals surface area contributed by atoms with Crippen LogP contribution < -0.4 is 10.2 Å². The van der Waals surface area contributed by atoms with Gasteiger partial charge in [-0.25, -0.2) is 4.98 Å². The fourth-order valence-corrected chi connectivity index (χ4v) is 3.42. The van der Waals surface area contributed by atoms with Gasteiger partial charge in [0, 0.05) is 57.2 Å². The predicted octanol–water partition coefficient (Wildman–Crippen LogP) is 4.08. The summed E-state index contributed by atoms with van der Waals surface area (Å²) in [6, 6.07) is 10.7. The highest BCUT2D eigenvalue weighted by molar-refractivity contribution is 5.78. The van der Waals surface area contributed by atoms with E-state index in [9.17, 15) is 14.9 Å². The zero-order valence-electron chi connectivity index (χ0n) is 19.3. The first-order valence-corrected chi connectivity index (χ1v) is 10.5. The molecule has 1 heterocycles. The van der Waals surface area contributed by atoms with Crippen molar-refractivity contribution in [3.8, 4) is 0 Å². The molecule has 0 fully saturated rings. The number of imidazole rings is 1. The van der Waals surface area contributed by atoms with Gasteiger partial charge in [-0.15, -0.1) is 0 Å². The van der Waals surface area contributed by atoms with Crippen LogP contribution in [0.25, 0.3) is 11.0 Å². The molecule has 0 aliphatic carbocycles. The van der Waals surface area contributed by atoms with Crippen LogP contribution in [-0.2, 0) is 23.0 Å². The van der Waals surface area contributed by atoms with Crippen LogP contribution in [0.4, 0.5) is 17.1 Å². The van der Waals surface area contributed by atoms with E-state index in [1.165, 1.54) is 11.8 Å². The molecule has 172 valence electrons. The lowest BCUT2D eigenvalue weighted by atomic mass is 10.1. The lowest BCUT2D eigenvalue weighted by Crippen LogP contribution is -2.21. The minimum Gasteiger partial charge on any atom is -0.384 e. The highest BCUT2D eigenvalue weighted by atomic mass is 16.6. The van der Waals surface area contributed by atoms with E-state index >= 15 is 0 Å². The number of hydrogen-bond acceptors (Lipinski definition) is 6. The number of rotatable bonds is 9. The van der Waals surface area contributed by atoms with E-state index in [2.05, 4.69) is 35.1 Å². The number of methoxy groups -OCH3 is 1. The van der Waals surface area contributed by atoms with Gasteiger partial charge >= 0.3 is 0 Å². The maximum Gasteiger partial charge on any atom is 0.271 e. The van der Waals surface area contributed by atoms with Crippen LogP contribution in [0, 0.1) is 17.0 Å². The second kappa shape index (κ2) is 11.8. The first-order chi connectivity index (χ1) is 15.4. The molecule has 1 amide bonds. The van der Waals surface area contributed by atoms with Crippen molar-refractivity contribution in [2.24, 2.45) is 7.05 Å². The van der Waals surface area contributed by atoms with Crippen LogP contribution in [0.5, 0.6) is 0 Å². The maximum atomic E-state index is 10.7. The number of nitrogens with one attached hydrogen (secondary N) is 1. The van der Waals surface area contributed by atoms with E-state index in [0.717, 1.165) is 41.2 Å². The van der Waals surface area contributed by atoms with E-state index in [0.29, 0.717) is 19.4 Å². The van der Waals surface area contributed by atoms with Crippen LogP contribution in [-0.4, -0.2) is 47.7 Å². The third-order valence-electron chi connectivity index (χ3n) is 5.25. The van der Waals surface area contributed by atoms with Crippen molar-refractivity contribution in [1.29, 1.82) is 0 Å². The second-order valence-corrected chi connectivity index (χ2v) is 7.19. The molecule has 3 aromatic rings. The minimum atomic E-state index is -0.402. The summed E-state index contributed by atoms with van der Waals surface area (Å²) in [5.41, 5.74) is 4.79. The Morgan fingerprint density at radius 1 is 1.22 bits per heavy atom. The molecule has 9 heteroatoms. The highest BCUT2D eigenvalue weighted by Crippen LogP contribution is 2.22. The molecule has 9 nitrogen and oxygen atoms in total. The predicted molar refractivity (Wildman–Crippen MR) is 127 cm³/mol. The van der Waals surface area contributed by atoms with Gasteiger partial charge < -0.3 is 19.5 Å². The molecule has 0 spiro atoms. The Hall–Kier alpha value is -3.46. The number of amides is 1.